The minimum atomic E-state index is -0.451. The fourth-order valence-electron chi connectivity index (χ4n) is 2.22. The molecule has 0 radical (unpaired) electrons. The van der Waals surface area contributed by atoms with E-state index in [1.165, 1.54) is 25.7 Å². The molecule has 0 atom stereocenters. The van der Waals surface area contributed by atoms with Crippen LogP contribution in [-0.2, 0) is 0 Å². The number of nitrogens with zero attached hydrogens (tertiary/aromatic N) is 2. The first-order chi connectivity index (χ1) is 8.15. The molecule has 1 heterocycles. The van der Waals surface area contributed by atoms with E-state index in [0.29, 0.717) is 0 Å². The molecule has 2 rings (SSSR count). The van der Waals surface area contributed by atoms with E-state index in [0.717, 1.165) is 12.7 Å². The van der Waals surface area contributed by atoms with Gasteiger partial charge in [-0.25, -0.2) is 9.37 Å². The summed E-state index contributed by atoms with van der Waals surface area (Å²) >= 11 is 1.85. The number of nitrogen functional groups attached to an aromatic ring is 1. The Balaban J connectivity index is 2.03. The van der Waals surface area contributed by atoms with E-state index in [1.807, 2.05) is 11.8 Å². The third kappa shape index (κ3) is 2.80. The van der Waals surface area contributed by atoms with E-state index in [-0.39, 0.29) is 16.5 Å². The molecular formula is C11H17FN4S. The van der Waals surface area contributed by atoms with Crippen LogP contribution >= 0.6 is 11.8 Å². The molecule has 1 aliphatic carbocycles. The lowest BCUT2D eigenvalue weighted by molar-refractivity contribution is 0.605. The minimum absolute atomic E-state index is 0.0959. The average molecular weight is 256 g/mol. The van der Waals surface area contributed by atoms with Gasteiger partial charge in [0.2, 0.25) is 5.95 Å². The molecular weight excluding hydrogens is 239 g/mol. The Morgan fingerprint density at radius 2 is 2.24 bits per heavy atom. The van der Waals surface area contributed by atoms with Crippen LogP contribution in [0.1, 0.15) is 25.7 Å². The van der Waals surface area contributed by atoms with Crippen LogP contribution in [0.3, 0.4) is 0 Å². The third-order valence-electron chi connectivity index (χ3n) is 3.29. The fraction of sp³-hybridized carbons (Fsp3) is 0.636. The fourth-order valence-corrected chi connectivity index (χ4v) is 3.14. The Morgan fingerprint density at radius 1 is 1.53 bits per heavy atom. The number of hydrogen-bond donors (Lipinski definition) is 2. The van der Waals surface area contributed by atoms with Gasteiger partial charge < -0.3 is 11.1 Å². The van der Waals surface area contributed by atoms with E-state index in [9.17, 15) is 4.39 Å². The molecule has 0 amide bonds. The quantitative estimate of drug-likeness (QED) is 0.865. The number of hydrogen-bond acceptors (Lipinski definition) is 5. The molecule has 0 unspecified atom stereocenters. The Kier molecular flexibility index (Phi) is 3.71. The molecule has 0 saturated heterocycles. The van der Waals surface area contributed by atoms with Crippen molar-refractivity contribution in [2.75, 3.05) is 23.9 Å². The molecule has 1 saturated carbocycles. The summed E-state index contributed by atoms with van der Waals surface area (Å²) in [7, 11) is 0. The van der Waals surface area contributed by atoms with E-state index in [2.05, 4.69) is 21.5 Å². The van der Waals surface area contributed by atoms with Crippen LogP contribution in [0.4, 0.5) is 16.2 Å². The normalized spacial score (nSPS) is 18.2. The van der Waals surface area contributed by atoms with Crippen molar-refractivity contribution in [3.63, 3.8) is 0 Å². The van der Waals surface area contributed by atoms with Crippen molar-refractivity contribution in [1.29, 1.82) is 0 Å². The number of thioether (sulfide) groups is 1. The van der Waals surface area contributed by atoms with Crippen LogP contribution in [0.5, 0.6) is 0 Å². The predicted octanol–water partition coefficient (Wildman–Crippen LogP) is 2.29. The Hall–Kier alpha value is -1.04. The molecule has 17 heavy (non-hydrogen) atoms. The molecule has 0 aliphatic heterocycles. The number of nitrogens with two attached hydrogens (primary N) is 1. The lowest BCUT2D eigenvalue weighted by atomic mass is 10.1. The number of nitrogens with one attached hydrogen (secondary N) is 1. The highest BCUT2D eigenvalue weighted by atomic mass is 32.2. The van der Waals surface area contributed by atoms with E-state index < -0.39 is 5.82 Å². The monoisotopic (exact) mass is 256 g/mol. The molecule has 3 N–H and O–H groups in total. The van der Waals surface area contributed by atoms with Gasteiger partial charge in [0.15, 0.2) is 11.6 Å². The largest absolute Gasteiger partial charge is 0.368 e. The van der Waals surface area contributed by atoms with Gasteiger partial charge in [-0.2, -0.15) is 16.7 Å². The SMILES string of the molecule is CSC1(CNc2nc(N)ncc2F)CCCC1. The molecule has 0 aromatic carbocycles. The van der Waals surface area contributed by atoms with Gasteiger partial charge in [0.25, 0.3) is 0 Å². The van der Waals surface area contributed by atoms with Crippen LogP contribution < -0.4 is 11.1 Å². The van der Waals surface area contributed by atoms with Crippen molar-refractivity contribution < 1.29 is 4.39 Å². The highest BCUT2D eigenvalue weighted by molar-refractivity contribution is 8.00. The zero-order valence-electron chi connectivity index (χ0n) is 9.87. The van der Waals surface area contributed by atoms with Crippen molar-refractivity contribution in [2.24, 2.45) is 0 Å². The van der Waals surface area contributed by atoms with Crippen molar-refractivity contribution in [1.82, 2.24) is 9.97 Å². The third-order valence-corrected chi connectivity index (χ3v) is 4.71. The van der Waals surface area contributed by atoms with Gasteiger partial charge in [0, 0.05) is 11.3 Å². The van der Waals surface area contributed by atoms with Crippen LogP contribution in [0.15, 0.2) is 6.20 Å². The van der Waals surface area contributed by atoms with Gasteiger partial charge >= 0.3 is 0 Å². The Morgan fingerprint density at radius 3 is 2.88 bits per heavy atom. The maximum atomic E-state index is 13.4. The zero-order valence-corrected chi connectivity index (χ0v) is 10.7. The molecule has 94 valence electrons. The maximum Gasteiger partial charge on any atom is 0.222 e. The second-order valence-corrected chi connectivity index (χ2v) is 5.65. The van der Waals surface area contributed by atoms with E-state index in [4.69, 9.17) is 5.73 Å². The summed E-state index contributed by atoms with van der Waals surface area (Å²) in [6.45, 7) is 0.724. The minimum Gasteiger partial charge on any atom is -0.368 e. The first-order valence-electron chi connectivity index (χ1n) is 5.72. The number of anilines is 2. The number of aromatic nitrogens is 2. The van der Waals surface area contributed by atoms with E-state index >= 15 is 0 Å². The summed E-state index contributed by atoms with van der Waals surface area (Å²) in [5.74, 6) is -0.148. The molecule has 6 heteroatoms. The predicted molar refractivity (Wildman–Crippen MR) is 69.6 cm³/mol. The highest BCUT2D eigenvalue weighted by Gasteiger charge is 2.32. The molecule has 4 nitrogen and oxygen atoms in total. The average Bonchev–Trinajstić information content (AvgIpc) is 2.80. The smallest absolute Gasteiger partial charge is 0.222 e. The molecule has 1 aromatic heterocycles. The van der Waals surface area contributed by atoms with Crippen molar-refractivity contribution in [3.8, 4) is 0 Å². The van der Waals surface area contributed by atoms with Crippen molar-refractivity contribution >= 4 is 23.5 Å². The molecule has 0 spiro atoms. The van der Waals surface area contributed by atoms with Crippen LogP contribution in [-0.4, -0.2) is 27.5 Å². The molecule has 1 aromatic rings. The second kappa shape index (κ2) is 5.08. The Bertz CT molecular complexity index is 393. The van der Waals surface area contributed by atoms with Gasteiger partial charge in [-0.3, -0.25) is 0 Å². The maximum absolute atomic E-state index is 13.4. The number of rotatable bonds is 4. The number of halogens is 1. The summed E-state index contributed by atoms with van der Waals surface area (Å²) in [4.78, 5) is 7.47. The summed E-state index contributed by atoms with van der Waals surface area (Å²) < 4.78 is 13.6. The first-order valence-corrected chi connectivity index (χ1v) is 6.95. The highest BCUT2D eigenvalue weighted by Crippen LogP contribution is 2.40. The van der Waals surface area contributed by atoms with Gasteiger partial charge in [0.1, 0.15) is 0 Å². The molecule has 0 bridgehead atoms. The van der Waals surface area contributed by atoms with Crippen molar-refractivity contribution in [2.45, 2.75) is 30.4 Å². The van der Waals surface area contributed by atoms with Gasteiger partial charge in [-0.05, 0) is 19.1 Å². The second-order valence-electron chi connectivity index (χ2n) is 4.37. The van der Waals surface area contributed by atoms with Crippen LogP contribution in [0.25, 0.3) is 0 Å². The standard InChI is InChI=1S/C11H17FN4S/c1-17-11(4-2-3-5-11)7-15-9-8(12)6-14-10(13)16-9/h6H,2-5,7H2,1H3,(H3,13,14,15,16). The van der Waals surface area contributed by atoms with Gasteiger partial charge in [0.05, 0.1) is 6.20 Å². The van der Waals surface area contributed by atoms with Crippen LogP contribution in [0, 0.1) is 5.82 Å². The van der Waals surface area contributed by atoms with Gasteiger partial charge in [-0.15, -0.1) is 0 Å². The van der Waals surface area contributed by atoms with E-state index in [1.54, 1.807) is 0 Å². The zero-order chi connectivity index (χ0) is 12.3. The molecule has 1 fully saturated rings. The summed E-state index contributed by atoms with van der Waals surface area (Å²) in [5.41, 5.74) is 5.44. The molecule has 1 aliphatic rings. The lowest BCUT2D eigenvalue weighted by Gasteiger charge is -2.27. The summed E-state index contributed by atoms with van der Waals surface area (Å²) in [6.07, 6.45) is 8.04. The summed E-state index contributed by atoms with van der Waals surface area (Å²) in [6, 6.07) is 0. The topological polar surface area (TPSA) is 63.8 Å². The van der Waals surface area contributed by atoms with Crippen LogP contribution in [0.2, 0.25) is 0 Å². The lowest BCUT2D eigenvalue weighted by Crippen LogP contribution is -2.30. The van der Waals surface area contributed by atoms with Crippen molar-refractivity contribution in [3.05, 3.63) is 12.0 Å². The first kappa shape index (κ1) is 12.4. The summed E-state index contributed by atoms with van der Waals surface area (Å²) in [5, 5.41) is 3.06. The Labute approximate surface area is 105 Å². The van der Waals surface area contributed by atoms with Gasteiger partial charge in [-0.1, -0.05) is 12.8 Å².